The van der Waals surface area contributed by atoms with Crippen LogP contribution in [0.25, 0.3) is 0 Å². The molecule has 2 amide bonds. The molecular weight excluding hydrogens is 432 g/mol. The Labute approximate surface area is 205 Å². The van der Waals surface area contributed by atoms with Gasteiger partial charge in [-0.3, -0.25) is 9.69 Å². The zero-order valence-corrected chi connectivity index (χ0v) is 22.3. The molecule has 1 aromatic rings. The van der Waals surface area contributed by atoms with Crippen LogP contribution in [-0.4, -0.2) is 42.3 Å². The van der Waals surface area contributed by atoms with E-state index in [1.54, 1.807) is 43.9 Å². The molecule has 0 heterocycles. The molecule has 1 aromatic carbocycles. The molecule has 0 atom stereocenters. The topological polar surface area (TPSA) is 84.9 Å². The highest BCUT2D eigenvalue weighted by molar-refractivity contribution is 5.98. The molecule has 0 saturated carbocycles. The highest BCUT2D eigenvalue weighted by Gasteiger charge is 2.26. The molecule has 34 heavy (non-hydrogen) atoms. The number of anilines is 1. The van der Waals surface area contributed by atoms with Crippen LogP contribution < -0.4 is 10.2 Å². The van der Waals surface area contributed by atoms with Gasteiger partial charge in [-0.15, -0.1) is 0 Å². The van der Waals surface area contributed by atoms with Crippen molar-refractivity contribution in [3.8, 4) is 0 Å². The van der Waals surface area contributed by atoms with E-state index in [0.717, 1.165) is 25.7 Å². The standard InChI is InChI=1S/C27H44N2O5/c1-9-12-20(13-10-2)19-29(25(32)34-27(6,7)8)22-15-11-14-21(18-22)23(30)16-17-28-24(31)33-26(3,4)5/h11,14-15,18,20H,9-10,12-13,16-17,19H2,1-8H3,(H,28,31). The van der Waals surface area contributed by atoms with Gasteiger partial charge in [0.05, 0.1) is 0 Å². The summed E-state index contributed by atoms with van der Waals surface area (Å²) in [5, 5.41) is 2.61. The Balaban J connectivity index is 3.00. The number of nitrogens with one attached hydrogen (secondary N) is 1. The van der Waals surface area contributed by atoms with Crippen LogP contribution >= 0.6 is 0 Å². The molecule has 0 aliphatic heterocycles. The lowest BCUT2D eigenvalue weighted by Crippen LogP contribution is -2.40. The summed E-state index contributed by atoms with van der Waals surface area (Å²) >= 11 is 0. The second-order valence-electron chi connectivity index (χ2n) is 10.7. The number of amides is 2. The monoisotopic (exact) mass is 476 g/mol. The molecule has 0 spiro atoms. The normalized spacial score (nSPS) is 11.8. The van der Waals surface area contributed by atoms with E-state index in [2.05, 4.69) is 19.2 Å². The number of benzene rings is 1. The number of rotatable bonds is 11. The summed E-state index contributed by atoms with van der Waals surface area (Å²) < 4.78 is 10.9. The maximum absolute atomic E-state index is 13.1. The van der Waals surface area contributed by atoms with Crippen LogP contribution in [0.5, 0.6) is 0 Å². The first-order valence-corrected chi connectivity index (χ1v) is 12.4. The van der Waals surface area contributed by atoms with Crippen molar-refractivity contribution in [1.82, 2.24) is 5.32 Å². The molecule has 0 fully saturated rings. The predicted molar refractivity (Wildman–Crippen MR) is 137 cm³/mol. The van der Waals surface area contributed by atoms with E-state index in [4.69, 9.17) is 9.47 Å². The van der Waals surface area contributed by atoms with Crippen LogP contribution in [-0.2, 0) is 9.47 Å². The fourth-order valence-electron chi connectivity index (χ4n) is 3.59. The number of hydrogen-bond donors (Lipinski definition) is 1. The van der Waals surface area contributed by atoms with Crippen molar-refractivity contribution in [2.45, 2.75) is 98.7 Å². The van der Waals surface area contributed by atoms with Crippen LogP contribution in [0.1, 0.15) is 97.9 Å². The number of carbonyl (C=O) groups excluding carboxylic acids is 3. The van der Waals surface area contributed by atoms with Gasteiger partial charge in [-0.2, -0.15) is 0 Å². The van der Waals surface area contributed by atoms with Gasteiger partial charge in [-0.1, -0.05) is 38.8 Å². The first-order chi connectivity index (χ1) is 15.8. The molecule has 1 N–H and O–H groups in total. The van der Waals surface area contributed by atoms with E-state index in [1.807, 2.05) is 26.8 Å². The van der Waals surface area contributed by atoms with Crippen LogP contribution in [0.15, 0.2) is 24.3 Å². The summed E-state index contributed by atoms with van der Waals surface area (Å²) in [7, 11) is 0. The maximum atomic E-state index is 13.1. The minimum atomic E-state index is -0.624. The molecule has 0 aromatic heterocycles. The molecule has 0 unspecified atom stereocenters. The Kier molecular flexibility index (Phi) is 11.6. The average Bonchev–Trinajstić information content (AvgIpc) is 2.69. The summed E-state index contributed by atoms with van der Waals surface area (Å²) in [6.07, 6.45) is 3.27. The van der Waals surface area contributed by atoms with Gasteiger partial charge in [-0.25, -0.2) is 9.59 Å². The van der Waals surface area contributed by atoms with Crippen molar-refractivity contribution in [2.24, 2.45) is 5.92 Å². The molecule has 7 heteroatoms. The van der Waals surface area contributed by atoms with Crippen molar-refractivity contribution in [3.05, 3.63) is 29.8 Å². The summed E-state index contributed by atoms with van der Waals surface area (Å²) in [5.41, 5.74) is -0.0980. The molecule has 192 valence electrons. The Morgan fingerprint density at radius 1 is 0.941 bits per heavy atom. The first-order valence-electron chi connectivity index (χ1n) is 12.4. The van der Waals surface area contributed by atoms with Crippen molar-refractivity contribution < 1.29 is 23.9 Å². The molecule has 1 rings (SSSR count). The van der Waals surface area contributed by atoms with Crippen molar-refractivity contribution in [3.63, 3.8) is 0 Å². The molecular formula is C27H44N2O5. The Morgan fingerprint density at radius 3 is 2.06 bits per heavy atom. The van der Waals surface area contributed by atoms with E-state index in [-0.39, 0.29) is 18.7 Å². The third kappa shape index (κ3) is 11.5. The quantitative estimate of drug-likeness (QED) is 0.357. The third-order valence-corrected chi connectivity index (χ3v) is 4.95. The second kappa shape index (κ2) is 13.4. The van der Waals surface area contributed by atoms with Gasteiger partial charge in [0.15, 0.2) is 5.78 Å². The fraction of sp³-hybridized carbons (Fsp3) is 0.667. The minimum absolute atomic E-state index is 0.124. The summed E-state index contributed by atoms with van der Waals surface area (Å²) in [5.74, 6) is 0.223. The highest BCUT2D eigenvalue weighted by Crippen LogP contribution is 2.24. The average molecular weight is 477 g/mol. The number of carbonyl (C=O) groups is 3. The smallest absolute Gasteiger partial charge is 0.414 e. The van der Waals surface area contributed by atoms with Crippen molar-refractivity contribution in [2.75, 3.05) is 18.0 Å². The predicted octanol–water partition coefficient (Wildman–Crippen LogP) is 6.74. The summed E-state index contributed by atoms with van der Waals surface area (Å²) in [4.78, 5) is 39.4. The van der Waals surface area contributed by atoms with Crippen LogP contribution in [0.4, 0.5) is 15.3 Å². The Bertz CT molecular complexity index is 802. The fourth-order valence-corrected chi connectivity index (χ4v) is 3.59. The summed E-state index contributed by atoms with van der Waals surface area (Å²) in [6, 6.07) is 7.06. The number of alkyl carbamates (subject to hydrolysis) is 1. The van der Waals surface area contributed by atoms with Gasteiger partial charge in [0.1, 0.15) is 11.2 Å². The Hall–Kier alpha value is -2.57. The van der Waals surface area contributed by atoms with Gasteiger partial charge in [-0.05, 0) is 72.4 Å². The van der Waals surface area contributed by atoms with E-state index in [1.165, 1.54) is 0 Å². The number of Topliss-reactive ketones (excluding diaryl/α,β-unsaturated/α-hetero) is 1. The van der Waals surface area contributed by atoms with Crippen molar-refractivity contribution in [1.29, 1.82) is 0 Å². The Morgan fingerprint density at radius 2 is 1.53 bits per heavy atom. The SMILES string of the molecule is CCCC(CCC)CN(C(=O)OC(C)(C)C)c1cccc(C(=O)CCNC(=O)OC(C)(C)C)c1. The lowest BCUT2D eigenvalue weighted by atomic mass is 9.97. The van der Waals surface area contributed by atoms with Gasteiger partial charge in [0.25, 0.3) is 0 Å². The number of ether oxygens (including phenoxy) is 2. The zero-order valence-electron chi connectivity index (χ0n) is 22.3. The van der Waals surface area contributed by atoms with Crippen LogP contribution in [0.2, 0.25) is 0 Å². The van der Waals surface area contributed by atoms with E-state index < -0.39 is 23.4 Å². The second-order valence-corrected chi connectivity index (χ2v) is 10.7. The molecule has 0 saturated heterocycles. The zero-order chi connectivity index (χ0) is 25.9. The lowest BCUT2D eigenvalue weighted by molar-refractivity contribution is 0.0524. The largest absolute Gasteiger partial charge is 0.444 e. The highest BCUT2D eigenvalue weighted by atomic mass is 16.6. The number of hydrogen-bond acceptors (Lipinski definition) is 5. The van der Waals surface area contributed by atoms with E-state index in [0.29, 0.717) is 23.7 Å². The lowest BCUT2D eigenvalue weighted by Gasteiger charge is -2.30. The van der Waals surface area contributed by atoms with E-state index >= 15 is 0 Å². The van der Waals surface area contributed by atoms with Crippen LogP contribution in [0, 0.1) is 5.92 Å². The van der Waals surface area contributed by atoms with E-state index in [9.17, 15) is 14.4 Å². The van der Waals surface area contributed by atoms with Gasteiger partial charge >= 0.3 is 12.2 Å². The first kappa shape index (κ1) is 29.5. The van der Waals surface area contributed by atoms with Gasteiger partial charge in [0.2, 0.25) is 0 Å². The molecule has 0 bridgehead atoms. The molecule has 0 aliphatic rings. The molecule has 0 aliphatic carbocycles. The number of ketones is 1. The summed E-state index contributed by atoms with van der Waals surface area (Å²) in [6.45, 7) is 15.9. The third-order valence-electron chi connectivity index (χ3n) is 4.95. The minimum Gasteiger partial charge on any atom is -0.444 e. The molecule has 0 radical (unpaired) electrons. The van der Waals surface area contributed by atoms with Gasteiger partial charge < -0.3 is 14.8 Å². The molecule has 7 nitrogen and oxygen atoms in total. The number of nitrogens with zero attached hydrogens (tertiary/aromatic N) is 1. The van der Waals surface area contributed by atoms with Crippen molar-refractivity contribution >= 4 is 23.7 Å². The van der Waals surface area contributed by atoms with Crippen LogP contribution in [0.3, 0.4) is 0 Å². The maximum Gasteiger partial charge on any atom is 0.414 e. The van der Waals surface area contributed by atoms with Gasteiger partial charge in [0, 0.05) is 30.8 Å².